The molecule has 0 spiro atoms. The molecule has 0 radical (unpaired) electrons. The van der Waals surface area contributed by atoms with Crippen molar-refractivity contribution < 1.29 is 13.2 Å². The lowest BCUT2D eigenvalue weighted by Gasteiger charge is -2.08. The maximum Gasteiger partial charge on any atom is 0.315 e. The number of hydrogen-bond donors (Lipinski definition) is 3. The molecule has 0 aliphatic carbocycles. The highest BCUT2D eigenvalue weighted by atomic mass is 35.5. The summed E-state index contributed by atoms with van der Waals surface area (Å²) in [6.07, 6.45) is 1.06. The van der Waals surface area contributed by atoms with Gasteiger partial charge in [0.1, 0.15) is 0 Å². The lowest BCUT2D eigenvalue weighted by molar-refractivity contribution is 0.240. The molecule has 1 rings (SSSR count). The van der Waals surface area contributed by atoms with Crippen LogP contribution in [0.1, 0.15) is 5.56 Å². The average molecular weight is 306 g/mol. The molecule has 0 unspecified atom stereocenters. The monoisotopic (exact) mass is 305 g/mol. The summed E-state index contributed by atoms with van der Waals surface area (Å²) in [5, 5.41) is 5.74. The van der Waals surface area contributed by atoms with E-state index in [2.05, 4.69) is 15.4 Å². The molecule has 0 saturated heterocycles. The molecule has 6 nitrogen and oxygen atoms in total. The third kappa shape index (κ3) is 7.00. The second-order valence-corrected chi connectivity index (χ2v) is 6.11. The molecule has 3 N–H and O–H groups in total. The standard InChI is InChI=1S/C11H16ClN3O3S/c1-19(17,18)15-7-6-13-11(16)14-8-9-4-2-3-5-10(9)12/h2-5,15H,6-8H2,1H3,(H2,13,14,16). The van der Waals surface area contributed by atoms with Crippen LogP contribution in [0.2, 0.25) is 5.02 Å². The van der Waals surface area contributed by atoms with Crippen molar-refractivity contribution in [1.82, 2.24) is 15.4 Å². The first-order chi connectivity index (χ1) is 8.88. The number of amides is 2. The maximum atomic E-state index is 11.4. The van der Waals surface area contributed by atoms with Crippen LogP contribution in [0, 0.1) is 0 Å². The summed E-state index contributed by atoms with van der Waals surface area (Å²) < 4.78 is 23.8. The van der Waals surface area contributed by atoms with Gasteiger partial charge in [-0.05, 0) is 11.6 Å². The van der Waals surface area contributed by atoms with Crippen molar-refractivity contribution in [3.63, 3.8) is 0 Å². The van der Waals surface area contributed by atoms with E-state index in [1.165, 1.54) is 0 Å². The van der Waals surface area contributed by atoms with E-state index in [0.717, 1.165) is 11.8 Å². The van der Waals surface area contributed by atoms with Gasteiger partial charge < -0.3 is 10.6 Å². The topological polar surface area (TPSA) is 87.3 Å². The van der Waals surface area contributed by atoms with E-state index in [1.807, 2.05) is 18.2 Å². The average Bonchev–Trinajstić information content (AvgIpc) is 2.32. The first-order valence-electron chi connectivity index (χ1n) is 5.58. The summed E-state index contributed by atoms with van der Waals surface area (Å²) in [5.74, 6) is 0. The van der Waals surface area contributed by atoms with Gasteiger partial charge in [0, 0.05) is 24.7 Å². The highest BCUT2D eigenvalue weighted by molar-refractivity contribution is 7.88. The van der Waals surface area contributed by atoms with Gasteiger partial charge in [0.2, 0.25) is 10.0 Å². The molecule has 19 heavy (non-hydrogen) atoms. The number of sulfonamides is 1. The Morgan fingerprint density at radius 1 is 1.21 bits per heavy atom. The van der Waals surface area contributed by atoms with Crippen molar-refractivity contribution in [2.75, 3.05) is 19.3 Å². The Morgan fingerprint density at radius 3 is 2.53 bits per heavy atom. The highest BCUT2D eigenvalue weighted by Crippen LogP contribution is 2.13. The zero-order valence-electron chi connectivity index (χ0n) is 10.4. The number of rotatable bonds is 6. The van der Waals surface area contributed by atoms with Gasteiger partial charge in [-0.3, -0.25) is 0 Å². The van der Waals surface area contributed by atoms with Gasteiger partial charge in [-0.1, -0.05) is 29.8 Å². The first-order valence-corrected chi connectivity index (χ1v) is 7.85. The van der Waals surface area contributed by atoms with Gasteiger partial charge in [-0.25, -0.2) is 17.9 Å². The number of benzene rings is 1. The number of nitrogens with one attached hydrogen (secondary N) is 3. The predicted molar refractivity (Wildman–Crippen MR) is 74.5 cm³/mol. The Morgan fingerprint density at radius 2 is 1.89 bits per heavy atom. The molecular formula is C11H16ClN3O3S. The number of urea groups is 1. The van der Waals surface area contributed by atoms with E-state index in [0.29, 0.717) is 11.6 Å². The molecule has 0 heterocycles. The molecule has 2 amide bonds. The quantitative estimate of drug-likeness (QED) is 0.676. The lowest BCUT2D eigenvalue weighted by Crippen LogP contribution is -2.39. The minimum atomic E-state index is -3.22. The molecule has 0 aromatic heterocycles. The van der Waals surface area contributed by atoms with Gasteiger partial charge in [-0.15, -0.1) is 0 Å². The van der Waals surface area contributed by atoms with Crippen molar-refractivity contribution in [2.45, 2.75) is 6.54 Å². The van der Waals surface area contributed by atoms with Crippen molar-refractivity contribution in [2.24, 2.45) is 0 Å². The van der Waals surface area contributed by atoms with Crippen LogP contribution in [0.15, 0.2) is 24.3 Å². The Hall–Kier alpha value is -1.31. The zero-order valence-corrected chi connectivity index (χ0v) is 12.0. The summed E-state index contributed by atoms with van der Waals surface area (Å²) in [7, 11) is -3.22. The number of carbonyl (C=O) groups excluding carboxylic acids is 1. The van der Waals surface area contributed by atoms with Crippen molar-refractivity contribution >= 4 is 27.7 Å². The van der Waals surface area contributed by atoms with Crippen LogP contribution in [0.4, 0.5) is 4.79 Å². The summed E-state index contributed by atoms with van der Waals surface area (Å²) in [4.78, 5) is 11.4. The molecule has 0 fully saturated rings. The van der Waals surface area contributed by atoms with E-state index < -0.39 is 10.0 Å². The van der Waals surface area contributed by atoms with Crippen molar-refractivity contribution in [3.8, 4) is 0 Å². The predicted octanol–water partition coefficient (Wildman–Crippen LogP) is 0.688. The first kappa shape index (κ1) is 15.7. The maximum absolute atomic E-state index is 11.4. The molecule has 1 aromatic carbocycles. The second kappa shape index (κ2) is 7.32. The van der Waals surface area contributed by atoms with Gasteiger partial charge in [0.05, 0.1) is 6.26 Å². The minimum Gasteiger partial charge on any atom is -0.337 e. The fourth-order valence-corrected chi connectivity index (χ4v) is 1.97. The van der Waals surface area contributed by atoms with Crippen LogP contribution in [0.5, 0.6) is 0 Å². The van der Waals surface area contributed by atoms with Crippen LogP contribution in [0.25, 0.3) is 0 Å². The minimum absolute atomic E-state index is 0.151. The van der Waals surface area contributed by atoms with Gasteiger partial charge >= 0.3 is 6.03 Å². The third-order valence-electron chi connectivity index (χ3n) is 2.17. The Kier molecular flexibility index (Phi) is 6.07. The van der Waals surface area contributed by atoms with Gasteiger partial charge in [0.25, 0.3) is 0 Å². The second-order valence-electron chi connectivity index (χ2n) is 3.87. The molecule has 0 bridgehead atoms. The fraction of sp³-hybridized carbons (Fsp3) is 0.364. The Bertz CT molecular complexity index is 534. The van der Waals surface area contributed by atoms with Gasteiger partial charge in [0.15, 0.2) is 0 Å². The molecule has 0 aliphatic heterocycles. The zero-order chi connectivity index (χ0) is 14.3. The van der Waals surface area contributed by atoms with Crippen molar-refractivity contribution in [3.05, 3.63) is 34.9 Å². The molecule has 0 saturated carbocycles. The van der Waals surface area contributed by atoms with Crippen LogP contribution < -0.4 is 15.4 Å². The number of hydrogen-bond acceptors (Lipinski definition) is 3. The Labute approximate surface area is 117 Å². The molecule has 1 aromatic rings. The summed E-state index contributed by atoms with van der Waals surface area (Å²) in [6.45, 7) is 0.671. The summed E-state index contributed by atoms with van der Waals surface area (Å²) >= 11 is 5.94. The van der Waals surface area contributed by atoms with Crippen molar-refractivity contribution in [1.29, 1.82) is 0 Å². The summed E-state index contributed by atoms with van der Waals surface area (Å²) in [5.41, 5.74) is 0.813. The number of carbonyl (C=O) groups is 1. The molecule has 0 atom stereocenters. The van der Waals surface area contributed by atoms with E-state index in [-0.39, 0.29) is 19.1 Å². The molecule has 106 valence electrons. The van der Waals surface area contributed by atoms with Crippen LogP contribution in [-0.4, -0.2) is 33.8 Å². The molecule has 8 heteroatoms. The fourth-order valence-electron chi connectivity index (χ4n) is 1.29. The van der Waals surface area contributed by atoms with E-state index in [1.54, 1.807) is 6.07 Å². The Balaban J connectivity index is 2.24. The van der Waals surface area contributed by atoms with Crippen LogP contribution in [-0.2, 0) is 16.6 Å². The van der Waals surface area contributed by atoms with Crippen LogP contribution >= 0.6 is 11.6 Å². The van der Waals surface area contributed by atoms with E-state index in [4.69, 9.17) is 11.6 Å². The molecule has 0 aliphatic rings. The normalized spacial score (nSPS) is 11.1. The van der Waals surface area contributed by atoms with E-state index >= 15 is 0 Å². The van der Waals surface area contributed by atoms with Crippen LogP contribution in [0.3, 0.4) is 0 Å². The smallest absolute Gasteiger partial charge is 0.315 e. The summed E-state index contributed by atoms with van der Waals surface area (Å²) in [6, 6.07) is 6.81. The van der Waals surface area contributed by atoms with E-state index in [9.17, 15) is 13.2 Å². The SMILES string of the molecule is CS(=O)(=O)NCCNC(=O)NCc1ccccc1Cl. The third-order valence-corrected chi connectivity index (χ3v) is 3.27. The molecular weight excluding hydrogens is 290 g/mol. The number of halogens is 1. The largest absolute Gasteiger partial charge is 0.337 e. The lowest BCUT2D eigenvalue weighted by atomic mass is 10.2. The highest BCUT2D eigenvalue weighted by Gasteiger charge is 2.03. The van der Waals surface area contributed by atoms with Gasteiger partial charge in [-0.2, -0.15) is 0 Å².